The zero-order chi connectivity index (χ0) is 16.2. The molecule has 1 aromatic heterocycles. The number of hydrogen-bond donors (Lipinski definition) is 1. The number of halogens is 3. The van der Waals surface area contributed by atoms with E-state index >= 15 is 0 Å². The Hall–Kier alpha value is -2.38. The van der Waals surface area contributed by atoms with E-state index in [0.717, 1.165) is 17.8 Å². The van der Waals surface area contributed by atoms with Crippen molar-refractivity contribution >= 4 is 5.91 Å². The highest BCUT2D eigenvalue weighted by Gasteiger charge is 2.26. The number of benzene rings is 1. The topological polar surface area (TPSA) is 59.8 Å². The van der Waals surface area contributed by atoms with Gasteiger partial charge in [-0.15, -0.1) is 5.10 Å². The van der Waals surface area contributed by atoms with Crippen molar-refractivity contribution in [1.82, 2.24) is 20.3 Å². The van der Waals surface area contributed by atoms with E-state index in [-0.39, 0.29) is 0 Å². The van der Waals surface area contributed by atoms with E-state index < -0.39 is 25.0 Å². The van der Waals surface area contributed by atoms with Crippen molar-refractivity contribution in [3.05, 3.63) is 41.7 Å². The summed E-state index contributed by atoms with van der Waals surface area (Å²) < 4.78 is 37.6. The number of aryl methyl sites for hydroxylation is 1. The molecule has 22 heavy (non-hydrogen) atoms. The number of nitrogens with zero attached hydrogens (tertiary/aromatic N) is 3. The molecule has 118 valence electrons. The number of alkyl halides is 3. The molecule has 2 aromatic rings. The third-order valence-electron chi connectivity index (χ3n) is 2.99. The van der Waals surface area contributed by atoms with Crippen LogP contribution in [0.25, 0.3) is 5.69 Å². The van der Waals surface area contributed by atoms with E-state index in [1.807, 2.05) is 6.92 Å². The Kier molecular flexibility index (Phi) is 4.79. The molecule has 0 bridgehead atoms. The van der Waals surface area contributed by atoms with Crippen LogP contribution in [0, 0.1) is 0 Å². The molecule has 1 heterocycles. The standard InChI is InChI=1S/C14H15F3N4O/c1-2-11-9-21(20-19-11)12-5-3-10(4-6-12)13(22)18-8-7-14(15,16)17/h3-6,9H,2,7-8H2,1H3,(H,18,22). The van der Waals surface area contributed by atoms with Crippen molar-refractivity contribution in [2.24, 2.45) is 0 Å². The van der Waals surface area contributed by atoms with E-state index in [0.29, 0.717) is 5.56 Å². The molecule has 1 amide bonds. The predicted octanol–water partition coefficient (Wildman–Crippen LogP) is 2.51. The number of hydrogen-bond acceptors (Lipinski definition) is 3. The molecular weight excluding hydrogens is 297 g/mol. The Bertz CT molecular complexity index is 634. The van der Waals surface area contributed by atoms with Crippen molar-refractivity contribution in [3.63, 3.8) is 0 Å². The molecule has 0 spiro atoms. The summed E-state index contributed by atoms with van der Waals surface area (Å²) in [5.41, 5.74) is 1.86. The highest BCUT2D eigenvalue weighted by atomic mass is 19.4. The van der Waals surface area contributed by atoms with Gasteiger partial charge in [0.1, 0.15) is 0 Å². The Balaban J connectivity index is 1.97. The van der Waals surface area contributed by atoms with Crippen LogP contribution in [0.3, 0.4) is 0 Å². The Morgan fingerprint density at radius 1 is 1.27 bits per heavy atom. The van der Waals surface area contributed by atoms with Gasteiger partial charge in [-0.2, -0.15) is 13.2 Å². The molecule has 1 aromatic carbocycles. The number of carbonyl (C=O) groups excluding carboxylic acids is 1. The number of rotatable bonds is 5. The lowest BCUT2D eigenvalue weighted by molar-refractivity contribution is -0.132. The van der Waals surface area contributed by atoms with Gasteiger partial charge in [0.25, 0.3) is 5.91 Å². The summed E-state index contributed by atoms with van der Waals surface area (Å²) in [6, 6.07) is 6.39. The highest BCUT2D eigenvalue weighted by molar-refractivity contribution is 5.94. The summed E-state index contributed by atoms with van der Waals surface area (Å²) in [6.45, 7) is 1.52. The first-order chi connectivity index (χ1) is 10.4. The molecule has 0 saturated carbocycles. The van der Waals surface area contributed by atoms with Crippen LogP contribution in [0.2, 0.25) is 0 Å². The van der Waals surface area contributed by atoms with E-state index in [1.165, 1.54) is 12.1 Å². The maximum atomic E-state index is 12.0. The summed E-state index contributed by atoms with van der Waals surface area (Å²) in [5, 5.41) is 10.1. The molecule has 1 N–H and O–H groups in total. The van der Waals surface area contributed by atoms with Gasteiger partial charge >= 0.3 is 6.18 Å². The van der Waals surface area contributed by atoms with Crippen molar-refractivity contribution in [2.75, 3.05) is 6.54 Å². The van der Waals surface area contributed by atoms with Gasteiger partial charge in [0, 0.05) is 12.1 Å². The molecule has 5 nitrogen and oxygen atoms in total. The smallest absolute Gasteiger partial charge is 0.352 e. The van der Waals surface area contributed by atoms with E-state index in [1.54, 1.807) is 23.0 Å². The minimum atomic E-state index is -4.28. The second-order valence-corrected chi connectivity index (χ2v) is 4.68. The lowest BCUT2D eigenvalue weighted by Crippen LogP contribution is -2.27. The average molecular weight is 312 g/mol. The number of carbonyl (C=O) groups is 1. The van der Waals surface area contributed by atoms with Crippen molar-refractivity contribution in [2.45, 2.75) is 25.9 Å². The van der Waals surface area contributed by atoms with Crippen LogP contribution in [0.4, 0.5) is 13.2 Å². The van der Waals surface area contributed by atoms with Gasteiger partial charge in [0.15, 0.2) is 0 Å². The summed E-state index contributed by atoms with van der Waals surface area (Å²) in [6.07, 6.45) is -2.78. The van der Waals surface area contributed by atoms with Crippen molar-refractivity contribution in [1.29, 1.82) is 0 Å². The van der Waals surface area contributed by atoms with Crippen LogP contribution in [-0.4, -0.2) is 33.6 Å². The second kappa shape index (κ2) is 6.59. The van der Waals surface area contributed by atoms with Gasteiger partial charge in [0.2, 0.25) is 0 Å². The first-order valence-corrected chi connectivity index (χ1v) is 6.75. The molecule has 0 radical (unpaired) electrons. The highest BCUT2D eigenvalue weighted by Crippen LogP contribution is 2.18. The van der Waals surface area contributed by atoms with E-state index in [4.69, 9.17) is 0 Å². The van der Waals surface area contributed by atoms with Gasteiger partial charge < -0.3 is 5.32 Å². The molecule has 0 saturated heterocycles. The molecule has 0 aliphatic rings. The molecule has 0 fully saturated rings. The normalized spacial score (nSPS) is 11.5. The molecule has 0 aliphatic carbocycles. The zero-order valence-electron chi connectivity index (χ0n) is 11.9. The summed E-state index contributed by atoms with van der Waals surface area (Å²) in [7, 11) is 0. The Morgan fingerprint density at radius 2 is 1.95 bits per heavy atom. The lowest BCUT2D eigenvalue weighted by atomic mass is 10.2. The fourth-order valence-corrected chi connectivity index (χ4v) is 1.77. The number of aromatic nitrogens is 3. The molecular formula is C14H15F3N4O. The van der Waals surface area contributed by atoms with E-state index in [2.05, 4.69) is 15.6 Å². The fraction of sp³-hybridized carbons (Fsp3) is 0.357. The largest absolute Gasteiger partial charge is 0.390 e. The van der Waals surface area contributed by atoms with Gasteiger partial charge in [-0.1, -0.05) is 12.1 Å². The molecule has 0 unspecified atom stereocenters. The second-order valence-electron chi connectivity index (χ2n) is 4.68. The summed E-state index contributed by atoms with van der Waals surface area (Å²) in [4.78, 5) is 11.7. The van der Waals surface area contributed by atoms with Crippen molar-refractivity contribution < 1.29 is 18.0 Å². The van der Waals surface area contributed by atoms with Crippen LogP contribution < -0.4 is 5.32 Å². The molecule has 0 atom stereocenters. The third-order valence-corrected chi connectivity index (χ3v) is 2.99. The van der Waals surface area contributed by atoms with Gasteiger partial charge in [0.05, 0.1) is 24.0 Å². The minimum absolute atomic E-state index is 0.293. The van der Waals surface area contributed by atoms with Crippen LogP contribution in [0.1, 0.15) is 29.4 Å². The quantitative estimate of drug-likeness (QED) is 0.923. The zero-order valence-corrected chi connectivity index (χ0v) is 11.9. The monoisotopic (exact) mass is 312 g/mol. The van der Waals surface area contributed by atoms with Gasteiger partial charge in [-0.25, -0.2) is 4.68 Å². The Labute approximate surface area is 125 Å². The predicted molar refractivity (Wildman–Crippen MR) is 73.7 cm³/mol. The van der Waals surface area contributed by atoms with Crippen molar-refractivity contribution in [3.8, 4) is 5.69 Å². The third kappa shape index (κ3) is 4.31. The van der Waals surface area contributed by atoms with Gasteiger partial charge in [-0.3, -0.25) is 4.79 Å². The number of amides is 1. The fourth-order valence-electron chi connectivity index (χ4n) is 1.77. The molecule has 2 rings (SSSR count). The minimum Gasteiger partial charge on any atom is -0.352 e. The first kappa shape index (κ1) is 16.0. The molecule has 0 aliphatic heterocycles. The van der Waals surface area contributed by atoms with Crippen LogP contribution in [-0.2, 0) is 6.42 Å². The maximum Gasteiger partial charge on any atom is 0.390 e. The average Bonchev–Trinajstić information content (AvgIpc) is 2.95. The Morgan fingerprint density at radius 3 is 2.50 bits per heavy atom. The first-order valence-electron chi connectivity index (χ1n) is 6.75. The van der Waals surface area contributed by atoms with Crippen LogP contribution >= 0.6 is 0 Å². The molecule has 8 heteroatoms. The van der Waals surface area contributed by atoms with E-state index in [9.17, 15) is 18.0 Å². The maximum absolute atomic E-state index is 12.0. The summed E-state index contributed by atoms with van der Waals surface area (Å²) in [5.74, 6) is -0.538. The SMILES string of the molecule is CCc1cn(-c2ccc(C(=O)NCCC(F)(F)F)cc2)nn1. The summed E-state index contributed by atoms with van der Waals surface area (Å²) >= 11 is 0. The van der Waals surface area contributed by atoms with Gasteiger partial charge in [-0.05, 0) is 30.7 Å². The van der Waals surface area contributed by atoms with Crippen LogP contribution in [0.15, 0.2) is 30.5 Å². The number of nitrogens with one attached hydrogen (secondary N) is 1. The lowest BCUT2D eigenvalue weighted by Gasteiger charge is -2.08. The van der Waals surface area contributed by atoms with Crippen LogP contribution in [0.5, 0.6) is 0 Å².